The van der Waals surface area contributed by atoms with E-state index in [1.165, 1.54) is 0 Å². The standard InChI is InChI=1S/C34H62FN9O2/c1-6-9-15-34(14-8-3)16-10-12-25(35)23-38-26(22-34)29(31(36)37)32(45)39-30-27(11-7-2)42(5)17-13-28(30)43-18-20-44(21-19-43)33-41-40-24(4)46-33/h17,24,26-31,33,40-41H,6-16,18-22,36-37H2,1-5H3/p+1. The second kappa shape index (κ2) is 17.6. The number of nitrogens with one attached hydrogen (secondary N) is 3. The molecule has 2 saturated heterocycles. The van der Waals surface area contributed by atoms with Gasteiger partial charge in [0.25, 0.3) is 0 Å². The van der Waals surface area contributed by atoms with Gasteiger partial charge in [-0.2, -0.15) is 0 Å². The highest BCUT2D eigenvalue weighted by Crippen LogP contribution is 2.43. The van der Waals surface area contributed by atoms with Gasteiger partial charge in [-0.15, -0.1) is 0 Å². The van der Waals surface area contributed by atoms with Crippen molar-refractivity contribution in [2.75, 3.05) is 33.2 Å². The van der Waals surface area contributed by atoms with Crippen LogP contribution in [0.1, 0.15) is 105 Å². The summed E-state index contributed by atoms with van der Waals surface area (Å²) >= 11 is 0. The summed E-state index contributed by atoms with van der Waals surface area (Å²) in [5.74, 6) is 1.35. The van der Waals surface area contributed by atoms with Crippen LogP contribution in [0.4, 0.5) is 4.39 Å². The molecule has 12 heteroatoms. The van der Waals surface area contributed by atoms with E-state index in [0.29, 0.717) is 12.8 Å². The Bertz CT molecular complexity index is 1070. The molecule has 46 heavy (non-hydrogen) atoms. The first kappa shape index (κ1) is 37.1. The molecule has 0 radical (unpaired) electrons. The number of allylic oxidation sites excluding steroid dienone is 1. The van der Waals surface area contributed by atoms with E-state index in [-0.39, 0.29) is 47.9 Å². The average molecular weight is 649 g/mol. The van der Waals surface area contributed by atoms with Gasteiger partial charge in [0.2, 0.25) is 5.91 Å². The lowest BCUT2D eigenvalue weighted by Crippen LogP contribution is -2.66. The summed E-state index contributed by atoms with van der Waals surface area (Å²) in [5.41, 5.74) is 19.2. The van der Waals surface area contributed by atoms with Crippen LogP contribution in [0.3, 0.4) is 0 Å². The van der Waals surface area contributed by atoms with Crippen LogP contribution >= 0.6 is 0 Å². The summed E-state index contributed by atoms with van der Waals surface area (Å²) in [7, 11) is 2.11. The lowest BCUT2D eigenvalue weighted by molar-refractivity contribution is -0.546. The number of nitrogens with two attached hydrogens (primary N) is 2. The largest absolute Gasteiger partial charge is 0.345 e. The molecule has 0 bridgehead atoms. The fraction of sp³-hybridized carbons (Fsp3) is 0.882. The monoisotopic (exact) mass is 649 g/mol. The SMILES string of the molecule is CCCCC1(CCC)CCCC(F)=C=NC(C(C(=O)NC2C(N3CCN(C4NNC(C)O4)CC3)CC=[N+](C)C2CCC)C(N)N)C1. The summed E-state index contributed by atoms with van der Waals surface area (Å²) in [5, 5.41) is 3.50. The van der Waals surface area contributed by atoms with Gasteiger partial charge < -0.3 is 21.5 Å². The Balaban J connectivity index is 1.58. The Morgan fingerprint density at radius 1 is 1.17 bits per heavy atom. The van der Waals surface area contributed by atoms with E-state index in [9.17, 15) is 9.18 Å². The fourth-order valence-electron chi connectivity index (χ4n) is 8.40. The van der Waals surface area contributed by atoms with Crippen LogP contribution in [0.15, 0.2) is 10.8 Å². The van der Waals surface area contributed by atoms with Crippen molar-refractivity contribution < 1.29 is 18.5 Å². The molecule has 4 rings (SSSR count). The van der Waals surface area contributed by atoms with Gasteiger partial charge in [-0.1, -0.05) is 40.0 Å². The molecule has 8 unspecified atom stereocenters. The van der Waals surface area contributed by atoms with Gasteiger partial charge in [0.05, 0.1) is 18.1 Å². The molecule has 4 aliphatic rings. The molecule has 7 N–H and O–H groups in total. The Morgan fingerprint density at radius 3 is 2.54 bits per heavy atom. The van der Waals surface area contributed by atoms with Crippen LogP contribution in [-0.2, 0) is 9.53 Å². The molecule has 0 aromatic carbocycles. The molecule has 0 aliphatic carbocycles. The molecular formula is C34H63FN9O2+. The van der Waals surface area contributed by atoms with E-state index in [2.05, 4.69) is 75.4 Å². The second-order valence-electron chi connectivity index (χ2n) is 14.3. The predicted molar refractivity (Wildman–Crippen MR) is 182 cm³/mol. The molecule has 4 heterocycles. The Morgan fingerprint density at radius 2 is 1.91 bits per heavy atom. The van der Waals surface area contributed by atoms with Gasteiger partial charge in [0.1, 0.15) is 25.5 Å². The number of hydrogen-bond acceptors (Lipinski definition) is 9. The molecule has 262 valence electrons. The maximum Gasteiger partial charge on any atom is 0.228 e. The minimum Gasteiger partial charge on any atom is -0.345 e. The van der Waals surface area contributed by atoms with Gasteiger partial charge in [-0.25, -0.2) is 24.8 Å². The summed E-state index contributed by atoms with van der Waals surface area (Å²) in [4.78, 5) is 24.0. The molecule has 0 aromatic rings. The Labute approximate surface area is 276 Å². The number of hydrogen-bond donors (Lipinski definition) is 5. The number of carbonyl (C=O) groups is 1. The fourth-order valence-corrected chi connectivity index (χ4v) is 8.40. The van der Waals surface area contributed by atoms with Crippen molar-refractivity contribution in [3.05, 3.63) is 5.83 Å². The van der Waals surface area contributed by atoms with Crippen molar-refractivity contribution in [3.8, 4) is 0 Å². The number of halogens is 1. The summed E-state index contributed by atoms with van der Waals surface area (Å²) < 4.78 is 23.0. The third kappa shape index (κ3) is 9.44. The van der Waals surface area contributed by atoms with Gasteiger partial charge >= 0.3 is 0 Å². The van der Waals surface area contributed by atoms with Gasteiger partial charge in [0.15, 0.2) is 18.2 Å². The van der Waals surface area contributed by atoms with E-state index < -0.39 is 18.1 Å². The number of likely N-dealkylation sites (N-methyl/N-ethyl adjacent to an activating group) is 1. The topological polar surface area (TPSA) is 136 Å². The highest BCUT2D eigenvalue weighted by molar-refractivity contribution is 5.81. The average Bonchev–Trinajstić information content (AvgIpc) is 3.48. The van der Waals surface area contributed by atoms with Gasteiger partial charge in [0, 0.05) is 57.4 Å². The lowest BCUT2D eigenvalue weighted by Gasteiger charge is -2.45. The lowest BCUT2D eigenvalue weighted by atomic mass is 9.69. The van der Waals surface area contributed by atoms with E-state index in [1.807, 2.05) is 6.92 Å². The summed E-state index contributed by atoms with van der Waals surface area (Å²) in [6, 6.07) is -0.393. The first-order valence-corrected chi connectivity index (χ1v) is 18.1. The zero-order valence-corrected chi connectivity index (χ0v) is 29.1. The molecule has 1 amide bonds. The van der Waals surface area contributed by atoms with Crippen molar-refractivity contribution in [2.24, 2.45) is 27.8 Å². The minimum atomic E-state index is -0.931. The van der Waals surface area contributed by atoms with Crippen molar-refractivity contribution in [1.29, 1.82) is 0 Å². The number of hydrazine groups is 1. The summed E-state index contributed by atoms with van der Waals surface area (Å²) in [6.07, 6.45) is 11.9. The molecule has 0 saturated carbocycles. The third-order valence-corrected chi connectivity index (χ3v) is 10.8. The second-order valence-corrected chi connectivity index (χ2v) is 14.3. The van der Waals surface area contributed by atoms with E-state index in [1.54, 1.807) is 0 Å². The van der Waals surface area contributed by atoms with Crippen LogP contribution in [0.2, 0.25) is 0 Å². The van der Waals surface area contributed by atoms with Crippen molar-refractivity contribution in [2.45, 2.75) is 148 Å². The first-order valence-electron chi connectivity index (χ1n) is 18.1. The predicted octanol–water partition coefficient (Wildman–Crippen LogP) is 2.80. The van der Waals surface area contributed by atoms with Gasteiger partial charge in [-0.05, 0) is 50.9 Å². The zero-order chi connectivity index (χ0) is 33.3. The number of carbonyl (C=O) groups excluding carboxylic acids is 1. The smallest absolute Gasteiger partial charge is 0.228 e. The molecule has 11 nitrogen and oxygen atoms in total. The summed E-state index contributed by atoms with van der Waals surface area (Å²) in [6.45, 7) is 12.1. The quantitative estimate of drug-likeness (QED) is 0.152. The number of ether oxygens (including phenoxy) is 1. The maximum absolute atomic E-state index is 14.8. The van der Waals surface area contributed by atoms with Crippen molar-refractivity contribution in [1.82, 2.24) is 26.0 Å². The highest BCUT2D eigenvalue weighted by Gasteiger charge is 2.46. The van der Waals surface area contributed by atoms with E-state index in [4.69, 9.17) is 16.2 Å². The van der Waals surface area contributed by atoms with Crippen LogP contribution in [0.25, 0.3) is 0 Å². The molecule has 0 aromatic heterocycles. The van der Waals surface area contributed by atoms with Crippen LogP contribution in [-0.4, -0.2) is 109 Å². The number of nitrogens with zero attached hydrogens (tertiary/aromatic N) is 4. The zero-order valence-electron chi connectivity index (χ0n) is 29.1. The number of unbranched alkanes of at least 4 members (excludes halogenated alkanes) is 1. The maximum atomic E-state index is 14.8. The minimum absolute atomic E-state index is 0.0277. The van der Waals surface area contributed by atoms with E-state index in [0.717, 1.165) is 90.4 Å². The number of amides is 1. The van der Waals surface area contributed by atoms with Crippen molar-refractivity contribution in [3.63, 3.8) is 0 Å². The normalized spacial score (nSPS) is 34.0. The Hall–Kier alpha value is -1.76. The number of aliphatic imine (C=N–C) groups is 1. The Kier molecular flexibility index (Phi) is 14.2. The van der Waals surface area contributed by atoms with Crippen molar-refractivity contribution >= 4 is 18.0 Å². The van der Waals surface area contributed by atoms with Crippen LogP contribution in [0, 0.1) is 11.3 Å². The molecular weight excluding hydrogens is 585 g/mol. The number of piperazine rings is 1. The number of rotatable bonds is 13. The first-order chi connectivity index (χ1) is 22.1. The third-order valence-electron chi connectivity index (χ3n) is 10.8. The molecule has 8 atom stereocenters. The molecule has 4 aliphatic heterocycles. The molecule has 2 fully saturated rings. The van der Waals surface area contributed by atoms with Crippen LogP contribution < -0.4 is 27.6 Å². The van der Waals surface area contributed by atoms with Crippen LogP contribution in [0.5, 0.6) is 0 Å². The van der Waals surface area contributed by atoms with E-state index >= 15 is 0 Å². The molecule has 0 spiro atoms. The van der Waals surface area contributed by atoms with Gasteiger partial charge in [-0.3, -0.25) is 14.6 Å². The highest BCUT2D eigenvalue weighted by atomic mass is 19.1.